The van der Waals surface area contributed by atoms with Gasteiger partial charge in [-0.05, 0) is 30.3 Å². The van der Waals surface area contributed by atoms with Gasteiger partial charge in [0, 0.05) is 11.8 Å². The van der Waals surface area contributed by atoms with Gasteiger partial charge in [-0.15, -0.1) is 0 Å². The smallest absolute Gasteiger partial charge is 0.272 e. The number of nitrogens with two attached hydrogens (primary N) is 1. The number of alkyl halides is 2. The standard InChI is InChI=1S/C16H18F2N4O2/c1-23-13-7-5-11(6-8-13)22-16(19)20-9-12-3-2-4-15(21-12)24-10-14(17)18/h2-8,14H,9-10H2,1H3,(H3,19,20,22). The minimum absolute atomic E-state index is 0.129. The van der Waals surface area contributed by atoms with Crippen LogP contribution < -0.4 is 20.5 Å². The topological polar surface area (TPSA) is 81.8 Å². The van der Waals surface area contributed by atoms with Gasteiger partial charge < -0.3 is 20.5 Å². The highest BCUT2D eigenvalue weighted by atomic mass is 19.3. The molecule has 0 atom stereocenters. The van der Waals surface area contributed by atoms with E-state index >= 15 is 0 Å². The molecule has 0 aliphatic carbocycles. The van der Waals surface area contributed by atoms with E-state index in [1.165, 1.54) is 6.07 Å². The molecular weight excluding hydrogens is 318 g/mol. The van der Waals surface area contributed by atoms with E-state index in [0.717, 1.165) is 11.4 Å². The van der Waals surface area contributed by atoms with Crippen molar-refractivity contribution in [3.63, 3.8) is 0 Å². The van der Waals surface area contributed by atoms with Crippen molar-refractivity contribution in [3.8, 4) is 11.6 Å². The normalized spacial score (nSPS) is 11.4. The molecule has 1 aromatic carbocycles. The molecule has 0 radical (unpaired) electrons. The maximum absolute atomic E-state index is 12.1. The van der Waals surface area contributed by atoms with Gasteiger partial charge in [0.25, 0.3) is 6.43 Å². The van der Waals surface area contributed by atoms with Crippen molar-refractivity contribution >= 4 is 11.6 Å². The van der Waals surface area contributed by atoms with E-state index < -0.39 is 13.0 Å². The number of anilines is 1. The fraction of sp³-hybridized carbons (Fsp3) is 0.250. The van der Waals surface area contributed by atoms with Gasteiger partial charge >= 0.3 is 0 Å². The summed E-state index contributed by atoms with van der Waals surface area (Å²) < 4.78 is 34.2. The van der Waals surface area contributed by atoms with Crippen molar-refractivity contribution in [1.29, 1.82) is 0 Å². The minimum Gasteiger partial charge on any atom is -0.497 e. The van der Waals surface area contributed by atoms with Crippen molar-refractivity contribution in [2.75, 3.05) is 19.0 Å². The number of hydrogen-bond donors (Lipinski definition) is 2. The van der Waals surface area contributed by atoms with Crippen LogP contribution in [0.4, 0.5) is 14.5 Å². The molecule has 0 unspecified atom stereocenters. The summed E-state index contributed by atoms with van der Waals surface area (Å²) in [4.78, 5) is 8.24. The molecule has 0 saturated carbocycles. The molecule has 0 saturated heterocycles. The molecule has 128 valence electrons. The maximum atomic E-state index is 12.1. The molecule has 24 heavy (non-hydrogen) atoms. The van der Waals surface area contributed by atoms with Crippen LogP contribution in [0, 0.1) is 0 Å². The highest BCUT2D eigenvalue weighted by Gasteiger charge is 2.05. The lowest BCUT2D eigenvalue weighted by atomic mass is 10.3. The van der Waals surface area contributed by atoms with E-state index in [1.54, 1.807) is 43.5 Å². The molecule has 0 bridgehead atoms. The number of aromatic nitrogens is 1. The zero-order chi connectivity index (χ0) is 17.4. The first kappa shape index (κ1) is 17.5. The van der Waals surface area contributed by atoms with Crippen LogP contribution in [-0.4, -0.2) is 31.1 Å². The van der Waals surface area contributed by atoms with E-state index in [0.29, 0.717) is 5.69 Å². The molecule has 2 aromatic rings. The number of hydrogen-bond acceptors (Lipinski definition) is 4. The first-order valence-electron chi connectivity index (χ1n) is 7.14. The fourth-order valence-corrected chi connectivity index (χ4v) is 1.80. The van der Waals surface area contributed by atoms with Crippen LogP contribution in [0.15, 0.2) is 47.5 Å². The van der Waals surface area contributed by atoms with E-state index in [9.17, 15) is 8.78 Å². The van der Waals surface area contributed by atoms with Crippen LogP contribution in [-0.2, 0) is 6.54 Å². The summed E-state index contributed by atoms with van der Waals surface area (Å²) in [5.74, 6) is 1.08. The second-order valence-electron chi connectivity index (χ2n) is 4.72. The number of aliphatic imine (C=N–C) groups is 1. The fourth-order valence-electron chi connectivity index (χ4n) is 1.80. The number of rotatable bonds is 7. The molecule has 0 fully saturated rings. The van der Waals surface area contributed by atoms with Gasteiger partial charge in [0.2, 0.25) is 5.88 Å². The Labute approximate surface area is 138 Å². The summed E-state index contributed by atoms with van der Waals surface area (Å²) in [5.41, 5.74) is 7.13. The van der Waals surface area contributed by atoms with Crippen LogP contribution in [0.5, 0.6) is 11.6 Å². The third-order valence-electron chi connectivity index (χ3n) is 2.91. The van der Waals surface area contributed by atoms with E-state index in [4.69, 9.17) is 15.2 Å². The van der Waals surface area contributed by atoms with Gasteiger partial charge in [-0.25, -0.2) is 18.8 Å². The molecule has 0 aliphatic rings. The van der Waals surface area contributed by atoms with E-state index in [1.807, 2.05) is 0 Å². The Morgan fingerprint density at radius 2 is 2.00 bits per heavy atom. The molecule has 8 heteroatoms. The Balaban J connectivity index is 1.92. The van der Waals surface area contributed by atoms with Crippen LogP contribution in [0.1, 0.15) is 5.69 Å². The Bertz CT molecular complexity index is 678. The zero-order valence-electron chi connectivity index (χ0n) is 13.1. The third kappa shape index (κ3) is 5.71. The molecule has 3 N–H and O–H groups in total. The highest BCUT2D eigenvalue weighted by Crippen LogP contribution is 2.15. The maximum Gasteiger partial charge on any atom is 0.272 e. The Morgan fingerprint density at radius 1 is 1.25 bits per heavy atom. The lowest BCUT2D eigenvalue weighted by Gasteiger charge is -2.07. The number of guanidine groups is 1. The molecule has 1 heterocycles. The monoisotopic (exact) mass is 336 g/mol. The van der Waals surface area contributed by atoms with Gasteiger partial charge in [0.15, 0.2) is 12.6 Å². The van der Waals surface area contributed by atoms with Crippen molar-refractivity contribution < 1.29 is 18.3 Å². The molecular formula is C16H18F2N4O2. The van der Waals surface area contributed by atoms with Gasteiger partial charge in [-0.2, -0.15) is 0 Å². The summed E-state index contributed by atoms with van der Waals surface area (Å²) in [5, 5.41) is 2.93. The number of nitrogens with one attached hydrogen (secondary N) is 1. The predicted octanol–water partition coefficient (Wildman–Crippen LogP) is 2.66. The first-order chi connectivity index (χ1) is 11.6. The van der Waals surface area contributed by atoms with Crippen LogP contribution in [0.3, 0.4) is 0 Å². The molecule has 6 nitrogen and oxygen atoms in total. The zero-order valence-corrected chi connectivity index (χ0v) is 13.1. The van der Waals surface area contributed by atoms with E-state index in [-0.39, 0.29) is 18.4 Å². The third-order valence-corrected chi connectivity index (χ3v) is 2.91. The number of halogens is 2. The molecule has 0 aliphatic heterocycles. The van der Waals surface area contributed by atoms with Crippen molar-refractivity contribution in [2.45, 2.75) is 13.0 Å². The number of nitrogens with zero attached hydrogens (tertiary/aromatic N) is 2. The summed E-state index contributed by atoms with van der Waals surface area (Å²) >= 11 is 0. The van der Waals surface area contributed by atoms with Crippen molar-refractivity contribution in [2.24, 2.45) is 10.7 Å². The average molecular weight is 336 g/mol. The van der Waals surface area contributed by atoms with Crippen molar-refractivity contribution in [1.82, 2.24) is 4.98 Å². The Kier molecular flexibility index (Phi) is 6.30. The highest BCUT2D eigenvalue weighted by molar-refractivity contribution is 5.92. The second-order valence-corrected chi connectivity index (χ2v) is 4.72. The Morgan fingerprint density at radius 3 is 2.67 bits per heavy atom. The van der Waals surface area contributed by atoms with Gasteiger partial charge in [0.05, 0.1) is 19.3 Å². The summed E-state index contributed by atoms with van der Waals surface area (Å²) in [6.45, 7) is -0.498. The lowest BCUT2D eigenvalue weighted by molar-refractivity contribution is 0.0795. The van der Waals surface area contributed by atoms with Crippen LogP contribution >= 0.6 is 0 Å². The largest absolute Gasteiger partial charge is 0.497 e. The van der Waals surface area contributed by atoms with Gasteiger partial charge in [0.1, 0.15) is 5.75 Å². The molecule has 0 amide bonds. The number of ether oxygens (including phenoxy) is 2. The summed E-state index contributed by atoms with van der Waals surface area (Å²) in [6.07, 6.45) is -2.54. The predicted molar refractivity (Wildman–Crippen MR) is 87.7 cm³/mol. The Hall–Kier alpha value is -2.90. The van der Waals surface area contributed by atoms with Gasteiger partial charge in [-0.3, -0.25) is 0 Å². The lowest BCUT2D eigenvalue weighted by Crippen LogP contribution is -2.22. The quantitative estimate of drug-likeness (QED) is 0.600. The van der Waals surface area contributed by atoms with Crippen LogP contribution in [0.25, 0.3) is 0 Å². The minimum atomic E-state index is -2.54. The first-order valence-corrected chi connectivity index (χ1v) is 7.14. The molecule has 2 rings (SSSR count). The second kappa shape index (κ2) is 8.66. The number of pyridine rings is 1. The van der Waals surface area contributed by atoms with Gasteiger partial charge in [-0.1, -0.05) is 6.07 Å². The number of benzene rings is 1. The van der Waals surface area contributed by atoms with Crippen LogP contribution in [0.2, 0.25) is 0 Å². The summed E-state index contributed by atoms with van der Waals surface area (Å²) in [6, 6.07) is 12.1. The average Bonchev–Trinajstić information content (AvgIpc) is 2.59. The molecule has 0 spiro atoms. The summed E-state index contributed by atoms with van der Waals surface area (Å²) in [7, 11) is 1.59. The number of methoxy groups -OCH3 is 1. The van der Waals surface area contributed by atoms with Crippen molar-refractivity contribution in [3.05, 3.63) is 48.2 Å². The van der Waals surface area contributed by atoms with E-state index in [2.05, 4.69) is 15.3 Å². The molecule has 1 aromatic heterocycles. The SMILES string of the molecule is COc1ccc(NC(N)=NCc2cccc(OCC(F)F)n2)cc1.